The second-order valence-electron chi connectivity index (χ2n) is 3.15. The second-order valence-corrected chi connectivity index (χ2v) is 4.39. The molecule has 2 rings (SSSR count). The summed E-state index contributed by atoms with van der Waals surface area (Å²) in [4.78, 5) is 11.7. The highest BCUT2D eigenvalue weighted by Crippen LogP contribution is 2.26. The number of halogens is 1. The minimum atomic E-state index is -0.231. The van der Waals surface area contributed by atoms with Crippen LogP contribution in [0.1, 0.15) is 0 Å². The van der Waals surface area contributed by atoms with Gasteiger partial charge in [-0.15, -0.1) is 0 Å². The van der Waals surface area contributed by atoms with Crippen molar-refractivity contribution in [3.8, 4) is 5.75 Å². The topological polar surface area (TPSA) is 26.3 Å². The van der Waals surface area contributed by atoms with Gasteiger partial charge in [-0.1, -0.05) is 36.4 Å². The number of allylic oxidation sites excluding steroid dienone is 2. The predicted octanol–water partition coefficient (Wildman–Crippen LogP) is 3.10. The molecule has 1 unspecified atom stereocenters. The average molecular weight is 312 g/mol. The Morgan fingerprint density at radius 1 is 1.27 bits per heavy atom. The number of carbonyl (C=O) groups excluding carboxylic acids is 1. The first-order valence-electron chi connectivity index (χ1n) is 4.58. The van der Waals surface area contributed by atoms with Gasteiger partial charge in [0.1, 0.15) is 11.7 Å². The third-order valence-corrected chi connectivity index (χ3v) is 3.10. The fourth-order valence-corrected chi connectivity index (χ4v) is 1.98. The van der Waals surface area contributed by atoms with Crippen molar-refractivity contribution >= 4 is 28.6 Å². The van der Waals surface area contributed by atoms with Gasteiger partial charge in [0.25, 0.3) is 0 Å². The van der Waals surface area contributed by atoms with Gasteiger partial charge in [-0.05, 0) is 34.7 Å². The summed E-state index contributed by atoms with van der Waals surface area (Å²) < 4.78 is 6.23. The van der Waals surface area contributed by atoms with Crippen LogP contribution in [0.2, 0.25) is 0 Å². The highest BCUT2D eigenvalue weighted by molar-refractivity contribution is 14.1. The summed E-state index contributed by atoms with van der Waals surface area (Å²) in [7, 11) is 0. The van der Waals surface area contributed by atoms with E-state index in [0.29, 0.717) is 5.75 Å². The molecule has 0 heterocycles. The van der Waals surface area contributed by atoms with E-state index in [0.717, 1.165) is 3.58 Å². The highest BCUT2D eigenvalue weighted by atomic mass is 127. The predicted molar refractivity (Wildman–Crippen MR) is 66.8 cm³/mol. The molecule has 0 saturated carbocycles. The van der Waals surface area contributed by atoms with Crippen LogP contribution in [0.5, 0.6) is 5.75 Å². The van der Waals surface area contributed by atoms with Crippen LogP contribution in [0.25, 0.3) is 0 Å². The van der Waals surface area contributed by atoms with Crippen molar-refractivity contribution in [3.63, 3.8) is 0 Å². The molecule has 1 atom stereocenters. The number of ether oxygens (including phenoxy) is 1. The van der Waals surface area contributed by atoms with Crippen LogP contribution in [0, 0.1) is 5.92 Å². The van der Waals surface area contributed by atoms with Crippen LogP contribution in [0.3, 0.4) is 0 Å². The van der Waals surface area contributed by atoms with Gasteiger partial charge in [0.05, 0.1) is 0 Å². The van der Waals surface area contributed by atoms with Crippen molar-refractivity contribution < 1.29 is 9.53 Å². The van der Waals surface area contributed by atoms with Crippen molar-refractivity contribution in [1.82, 2.24) is 0 Å². The van der Waals surface area contributed by atoms with Gasteiger partial charge in [-0.25, -0.2) is 0 Å². The molecule has 0 bridgehead atoms. The monoisotopic (exact) mass is 312 g/mol. The zero-order valence-corrected chi connectivity index (χ0v) is 10.0. The molecular weight excluding hydrogens is 303 g/mol. The van der Waals surface area contributed by atoms with E-state index < -0.39 is 0 Å². The SMILES string of the molecule is O=C(Oc1ccccc1)C1C=CC=C1I. The lowest BCUT2D eigenvalue weighted by Crippen LogP contribution is -2.17. The number of hydrogen-bond donors (Lipinski definition) is 0. The summed E-state index contributed by atoms with van der Waals surface area (Å²) in [6.45, 7) is 0. The van der Waals surface area contributed by atoms with Crippen LogP contribution in [0.4, 0.5) is 0 Å². The Labute approximate surface area is 102 Å². The van der Waals surface area contributed by atoms with Crippen molar-refractivity contribution in [2.75, 3.05) is 0 Å². The molecule has 1 aliphatic rings. The Balaban J connectivity index is 2.05. The fourth-order valence-electron chi connectivity index (χ4n) is 1.31. The lowest BCUT2D eigenvalue weighted by molar-refractivity contribution is -0.135. The van der Waals surface area contributed by atoms with E-state index in [4.69, 9.17) is 4.74 Å². The van der Waals surface area contributed by atoms with E-state index in [1.54, 1.807) is 12.1 Å². The van der Waals surface area contributed by atoms with Crippen LogP contribution < -0.4 is 4.74 Å². The molecular formula is C12H9IO2. The maximum absolute atomic E-state index is 11.7. The maximum atomic E-state index is 11.7. The lowest BCUT2D eigenvalue weighted by Gasteiger charge is -2.08. The molecule has 0 saturated heterocycles. The van der Waals surface area contributed by atoms with Crippen LogP contribution in [-0.2, 0) is 4.79 Å². The minimum absolute atomic E-state index is 0.226. The molecule has 3 heteroatoms. The van der Waals surface area contributed by atoms with Gasteiger partial charge in [-0.3, -0.25) is 4.79 Å². The van der Waals surface area contributed by atoms with Crippen LogP contribution >= 0.6 is 22.6 Å². The molecule has 0 aliphatic heterocycles. The summed E-state index contributed by atoms with van der Waals surface area (Å²) in [5, 5.41) is 0. The van der Waals surface area contributed by atoms with Gasteiger partial charge in [0, 0.05) is 3.58 Å². The summed E-state index contributed by atoms with van der Waals surface area (Å²) in [5.41, 5.74) is 0. The summed E-state index contributed by atoms with van der Waals surface area (Å²) in [6.07, 6.45) is 5.63. The van der Waals surface area contributed by atoms with E-state index >= 15 is 0 Å². The molecule has 1 aromatic rings. The lowest BCUT2D eigenvalue weighted by atomic mass is 10.2. The number of benzene rings is 1. The molecule has 1 aromatic carbocycles. The van der Waals surface area contributed by atoms with E-state index in [1.165, 1.54) is 0 Å². The third kappa shape index (κ3) is 2.47. The summed E-state index contributed by atoms with van der Waals surface area (Å²) in [5.74, 6) is 0.133. The molecule has 0 spiro atoms. The first kappa shape index (κ1) is 10.4. The molecule has 0 radical (unpaired) electrons. The zero-order chi connectivity index (χ0) is 10.7. The van der Waals surface area contributed by atoms with E-state index in [1.807, 2.05) is 36.4 Å². The normalized spacial score (nSPS) is 18.7. The maximum Gasteiger partial charge on any atom is 0.323 e. The largest absolute Gasteiger partial charge is 0.426 e. The molecule has 76 valence electrons. The Morgan fingerprint density at radius 3 is 2.60 bits per heavy atom. The quantitative estimate of drug-likeness (QED) is 0.476. The molecule has 0 N–H and O–H groups in total. The molecule has 2 nitrogen and oxygen atoms in total. The van der Waals surface area contributed by atoms with Gasteiger partial charge in [-0.2, -0.15) is 0 Å². The van der Waals surface area contributed by atoms with Crippen molar-refractivity contribution in [3.05, 3.63) is 52.1 Å². The first-order chi connectivity index (χ1) is 7.27. The minimum Gasteiger partial charge on any atom is -0.426 e. The van der Waals surface area contributed by atoms with Crippen LogP contribution in [0.15, 0.2) is 52.1 Å². The van der Waals surface area contributed by atoms with Gasteiger partial charge < -0.3 is 4.74 Å². The molecule has 15 heavy (non-hydrogen) atoms. The van der Waals surface area contributed by atoms with Gasteiger partial charge in [0.2, 0.25) is 0 Å². The van der Waals surface area contributed by atoms with Crippen molar-refractivity contribution in [1.29, 1.82) is 0 Å². The number of rotatable bonds is 2. The van der Waals surface area contributed by atoms with E-state index in [-0.39, 0.29) is 11.9 Å². The number of esters is 1. The number of carbonyl (C=O) groups is 1. The van der Waals surface area contributed by atoms with Crippen LogP contribution in [-0.4, -0.2) is 5.97 Å². The first-order valence-corrected chi connectivity index (χ1v) is 5.66. The molecule has 0 aromatic heterocycles. The Kier molecular flexibility index (Phi) is 3.20. The highest BCUT2D eigenvalue weighted by Gasteiger charge is 2.22. The van der Waals surface area contributed by atoms with E-state index in [2.05, 4.69) is 22.6 Å². The second kappa shape index (κ2) is 4.61. The van der Waals surface area contributed by atoms with E-state index in [9.17, 15) is 4.79 Å². The van der Waals surface area contributed by atoms with Gasteiger partial charge in [0.15, 0.2) is 0 Å². The zero-order valence-electron chi connectivity index (χ0n) is 7.89. The molecule has 1 aliphatic carbocycles. The Hall–Kier alpha value is -1.10. The smallest absolute Gasteiger partial charge is 0.323 e. The summed E-state index contributed by atoms with van der Waals surface area (Å²) >= 11 is 2.15. The molecule has 0 amide bonds. The fraction of sp³-hybridized carbons (Fsp3) is 0.0833. The third-order valence-electron chi connectivity index (χ3n) is 2.07. The molecule has 0 fully saturated rings. The Bertz CT molecular complexity index is 421. The van der Waals surface area contributed by atoms with Crippen molar-refractivity contribution in [2.24, 2.45) is 5.92 Å². The van der Waals surface area contributed by atoms with Crippen molar-refractivity contribution in [2.45, 2.75) is 0 Å². The standard InChI is InChI=1S/C12H9IO2/c13-11-8-4-7-10(11)12(14)15-9-5-2-1-3-6-9/h1-8,10H. The summed E-state index contributed by atoms with van der Waals surface area (Å²) in [6, 6.07) is 9.11. The number of para-hydroxylation sites is 1. The average Bonchev–Trinajstić information content (AvgIpc) is 2.66. The Morgan fingerprint density at radius 2 is 2.00 bits per heavy atom. The van der Waals surface area contributed by atoms with Gasteiger partial charge >= 0.3 is 5.97 Å². The number of hydrogen-bond acceptors (Lipinski definition) is 2.